The fraction of sp³-hybridized carbons (Fsp3) is 0.625. The van der Waals surface area contributed by atoms with Crippen LogP contribution in [0.3, 0.4) is 0 Å². The van der Waals surface area contributed by atoms with Gasteiger partial charge < -0.3 is 14.7 Å². The van der Waals surface area contributed by atoms with E-state index >= 15 is 0 Å². The number of fused-ring (bicyclic) bond motifs is 1. The summed E-state index contributed by atoms with van der Waals surface area (Å²) < 4.78 is 0. The second-order valence-electron chi connectivity index (χ2n) is 6.64. The number of rotatable bonds is 2. The van der Waals surface area contributed by atoms with Gasteiger partial charge in [0.05, 0.1) is 11.1 Å². The highest BCUT2D eigenvalue weighted by atomic mass is 32.2. The van der Waals surface area contributed by atoms with E-state index in [0.717, 1.165) is 25.3 Å². The highest BCUT2D eigenvalue weighted by Gasteiger charge is 2.53. The van der Waals surface area contributed by atoms with Crippen molar-refractivity contribution < 1.29 is 9.59 Å². The molecule has 0 bridgehead atoms. The number of nitrogens with zero attached hydrogens (tertiary/aromatic N) is 5. The maximum absolute atomic E-state index is 12.9. The predicted molar refractivity (Wildman–Crippen MR) is 91.6 cm³/mol. The van der Waals surface area contributed by atoms with Crippen LogP contribution in [0.15, 0.2) is 18.6 Å². The van der Waals surface area contributed by atoms with Gasteiger partial charge in [0.25, 0.3) is 0 Å². The maximum Gasteiger partial charge on any atom is 0.246 e. The molecule has 2 unspecified atom stereocenters. The van der Waals surface area contributed by atoms with E-state index in [4.69, 9.17) is 0 Å². The third-order valence-electron chi connectivity index (χ3n) is 5.19. The van der Waals surface area contributed by atoms with Crippen molar-refractivity contribution in [3.8, 4) is 0 Å². The van der Waals surface area contributed by atoms with Crippen LogP contribution in [0, 0.1) is 0 Å². The van der Waals surface area contributed by atoms with Crippen molar-refractivity contribution in [1.82, 2.24) is 19.8 Å². The van der Waals surface area contributed by atoms with Crippen LogP contribution >= 0.6 is 11.8 Å². The lowest BCUT2D eigenvalue weighted by atomic mass is 10.2. The summed E-state index contributed by atoms with van der Waals surface area (Å²) in [6.07, 6.45) is 6.50. The molecule has 0 aliphatic carbocycles. The lowest BCUT2D eigenvalue weighted by Crippen LogP contribution is -2.56. The van der Waals surface area contributed by atoms with Crippen LogP contribution in [0.4, 0.5) is 5.82 Å². The Morgan fingerprint density at radius 1 is 1.29 bits per heavy atom. The minimum atomic E-state index is -0.293. The molecule has 3 aliphatic heterocycles. The number of carbonyl (C=O) groups is 2. The van der Waals surface area contributed by atoms with Crippen molar-refractivity contribution in [2.45, 2.75) is 30.7 Å². The van der Waals surface area contributed by atoms with Crippen LogP contribution in [0.1, 0.15) is 19.8 Å². The maximum atomic E-state index is 12.9. The van der Waals surface area contributed by atoms with Crippen molar-refractivity contribution in [3.63, 3.8) is 0 Å². The van der Waals surface area contributed by atoms with Crippen LogP contribution in [-0.2, 0) is 9.59 Å². The molecule has 3 fully saturated rings. The summed E-state index contributed by atoms with van der Waals surface area (Å²) in [5, 5.41) is 0. The number of hydrogen-bond donors (Lipinski definition) is 0. The van der Waals surface area contributed by atoms with Gasteiger partial charge in [-0.25, -0.2) is 4.98 Å². The zero-order chi connectivity index (χ0) is 16.7. The molecule has 24 heavy (non-hydrogen) atoms. The third kappa shape index (κ3) is 2.53. The third-order valence-corrected chi connectivity index (χ3v) is 6.70. The van der Waals surface area contributed by atoms with Crippen LogP contribution in [0.2, 0.25) is 0 Å². The monoisotopic (exact) mass is 347 g/mol. The van der Waals surface area contributed by atoms with Gasteiger partial charge in [-0.3, -0.25) is 14.6 Å². The largest absolute Gasteiger partial charge is 0.352 e. The minimum absolute atomic E-state index is 0.0975. The molecule has 0 spiro atoms. The Balaban J connectivity index is 1.41. The summed E-state index contributed by atoms with van der Waals surface area (Å²) in [6, 6.07) is -0.293. The first-order chi connectivity index (χ1) is 11.6. The molecule has 1 aromatic heterocycles. The summed E-state index contributed by atoms with van der Waals surface area (Å²) in [7, 11) is 0. The van der Waals surface area contributed by atoms with E-state index in [1.54, 1.807) is 30.4 Å². The number of aromatic nitrogens is 2. The van der Waals surface area contributed by atoms with E-state index in [1.807, 2.05) is 9.80 Å². The zero-order valence-electron chi connectivity index (χ0n) is 13.7. The lowest BCUT2D eigenvalue weighted by Gasteiger charge is -2.38. The van der Waals surface area contributed by atoms with E-state index in [0.29, 0.717) is 25.3 Å². The Hall–Kier alpha value is -1.83. The quantitative estimate of drug-likeness (QED) is 0.779. The van der Waals surface area contributed by atoms with Gasteiger partial charge in [0.2, 0.25) is 11.8 Å². The number of amides is 2. The van der Waals surface area contributed by atoms with Gasteiger partial charge in [0, 0.05) is 50.7 Å². The van der Waals surface area contributed by atoms with Gasteiger partial charge in [0.15, 0.2) is 0 Å². The Morgan fingerprint density at radius 2 is 2.08 bits per heavy atom. The zero-order valence-corrected chi connectivity index (χ0v) is 14.5. The first kappa shape index (κ1) is 15.7. The molecule has 3 aliphatic rings. The summed E-state index contributed by atoms with van der Waals surface area (Å²) in [5.41, 5.74) is 0. The predicted octanol–water partition coefficient (Wildman–Crippen LogP) is 0.579. The summed E-state index contributed by atoms with van der Waals surface area (Å²) in [4.78, 5) is 39.3. The van der Waals surface area contributed by atoms with Gasteiger partial charge in [0.1, 0.15) is 11.9 Å². The average molecular weight is 347 g/mol. The minimum Gasteiger partial charge on any atom is -0.352 e. The van der Waals surface area contributed by atoms with Crippen molar-refractivity contribution in [2.75, 3.05) is 36.8 Å². The van der Waals surface area contributed by atoms with Crippen molar-refractivity contribution >= 4 is 29.4 Å². The molecule has 2 amide bonds. The molecule has 8 heteroatoms. The Morgan fingerprint density at radius 3 is 2.79 bits per heavy atom. The second kappa shape index (κ2) is 5.91. The van der Waals surface area contributed by atoms with E-state index in [-0.39, 0.29) is 22.7 Å². The van der Waals surface area contributed by atoms with Crippen LogP contribution in [-0.4, -0.2) is 74.4 Å². The van der Waals surface area contributed by atoms with E-state index in [2.05, 4.69) is 21.8 Å². The van der Waals surface area contributed by atoms with E-state index in [1.165, 1.54) is 0 Å². The molecule has 0 radical (unpaired) electrons. The molecule has 2 atom stereocenters. The molecule has 3 saturated heterocycles. The van der Waals surface area contributed by atoms with Gasteiger partial charge in [-0.1, -0.05) is 0 Å². The number of hydrogen-bond acceptors (Lipinski definition) is 6. The van der Waals surface area contributed by atoms with E-state index < -0.39 is 0 Å². The number of carbonyl (C=O) groups excluding carboxylic acids is 2. The average Bonchev–Trinajstić information content (AvgIpc) is 3.11. The van der Waals surface area contributed by atoms with Crippen LogP contribution in [0.25, 0.3) is 0 Å². The standard InChI is InChI=1S/C16H21N5O2S/c1-16-3-2-14(22)21(16)12(11-24-16)15(23)20-8-6-19(7-9-20)13-10-17-4-5-18-13/h4-5,10,12H,2-3,6-9,11H2,1H3. The topological polar surface area (TPSA) is 69.6 Å². The molecule has 0 aromatic carbocycles. The fourth-order valence-electron chi connectivity index (χ4n) is 3.82. The Bertz CT molecular complexity index is 649. The van der Waals surface area contributed by atoms with Crippen molar-refractivity contribution in [2.24, 2.45) is 0 Å². The van der Waals surface area contributed by atoms with Gasteiger partial charge in [-0.05, 0) is 13.3 Å². The number of anilines is 1. The Kier molecular flexibility index (Phi) is 3.86. The molecule has 128 valence electrons. The summed E-state index contributed by atoms with van der Waals surface area (Å²) in [5.74, 6) is 1.79. The molecule has 0 N–H and O–H groups in total. The normalized spacial score (nSPS) is 30.0. The Labute approximate surface area is 145 Å². The number of thioether (sulfide) groups is 1. The molecule has 7 nitrogen and oxygen atoms in total. The van der Waals surface area contributed by atoms with Crippen LogP contribution < -0.4 is 4.90 Å². The molecule has 0 saturated carbocycles. The molecule has 4 heterocycles. The first-order valence-corrected chi connectivity index (χ1v) is 9.33. The van der Waals surface area contributed by atoms with Gasteiger partial charge in [-0.15, -0.1) is 11.8 Å². The van der Waals surface area contributed by atoms with E-state index in [9.17, 15) is 9.59 Å². The molecular weight excluding hydrogens is 326 g/mol. The summed E-state index contributed by atoms with van der Waals surface area (Å²) in [6.45, 7) is 4.90. The van der Waals surface area contributed by atoms with Crippen molar-refractivity contribution in [1.29, 1.82) is 0 Å². The second-order valence-corrected chi connectivity index (χ2v) is 8.14. The summed E-state index contributed by atoms with van der Waals surface area (Å²) >= 11 is 1.75. The smallest absolute Gasteiger partial charge is 0.246 e. The fourth-order valence-corrected chi connectivity index (χ4v) is 5.25. The molecular formula is C16H21N5O2S. The molecule has 1 aromatic rings. The highest BCUT2D eigenvalue weighted by molar-refractivity contribution is 8.01. The highest BCUT2D eigenvalue weighted by Crippen LogP contribution is 2.47. The number of piperazine rings is 1. The SMILES string of the molecule is CC12CCC(=O)N1C(C(=O)N1CCN(c3cnccn3)CC1)CS2. The first-order valence-electron chi connectivity index (χ1n) is 8.34. The lowest BCUT2D eigenvalue weighted by molar-refractivity contribution is -0.143. The van der Waals surface area contributed by atoms with Gasteiger partial charge >= 0.3 is 0 Å². The van der Waals surface area contributed by atoms with Crippen LogP contribution in [0.5, 0.6) is 0 Å². The van der Waals surface area contributed by atoms with Gasteiger partial charge in [-0.2, -0.15) is 0 Å². The molecule has 4 rings (SSSR count). The van der Waals surface area contributed by atoms with Crippen molar-refractivity contribution in [3.05, 3.63) is 18.6 Å².